The van der Waals surface area contributed by atoms with Crippen molar-refractivity contribution in [3.05, 3.63) is 29.3 Å². The molecule has 0 aliphatic carbocycles. The van der Waals surface area contributed by atoms with E-state index in [1.165, 1.54) is 6.07 Å². The van der Waals surface area contributed by atoms with Crippen LogP contribution in [0.3, 0.4) is 0 Å². The standard InChI is InChI=1S/C12H11F3N2O2/c13-12(14,15)6-1-2-7-8(3-4-10(18)19)11(16)17-9(7)5-6/h1-2,5,17H,3-4,16H2,(H,18,19). The fourth-order valence-corrected chi connectivity index (χ4v) is 1.95. The SMILES string of the molecule is Nc1[nH]c2cc(C(F)(F)F)ccc2c1CCC(=O)O. The lowest BCUT2D eigenvalue weighted by atomic mass is 10.1. The zero-order valence-corrected chi connectivity index (χ0v) is 9.71. The topological polar surface area (TPSA) is 79.1 Å². The van der Waals surface area contributed by atoms with E-state index >= 15 is 0 Å². The predicted octanol–water partition coefficient (Wildman–Crippen LogP) is 2.79. The van der Waals surface area contributed by atoms with E-state index in [-0.39, 0.29) is 24.2 Å². The quantitative estimate of drug-likeness (QED) is 0.803. The second-order valence-corrected chi connectivity index (χ2v) is 4.17. The average molecular weight is 272 g/mol. The summed E-state index contributed by atoms with van der Waals surface area (Å²) >= 11 is 0. The lowest BCUT2D eigenvalue weighted by Crippen LogP contribution is -2.04. The Kier molecular flexibility index (Phi) is 3.13. The summed E-state index contributed by atoms with van der Waals surface area (Å²) in [6.07, 6.45) is -4.38. The number of nitrogens with one attached hydrogen (secondary N) is 1. The maximum absolute atomic E-state index is 12.6. The number of nitrogens with two attached hydrogens (primary N) is 1. The van der Waals surface area contributed by atoms with Gasteiger partial charge < -0.3 is 15.8 Å². The van der Waals surface area contributed by atoms with Crippen molar-refractivity contribution in [2.45, 2.75) is 19.0 Å². The van der Waals surface area contributed by atoms with E-state index in [0.29, 0.717) is 10.9 Å². The number of fused-ring (bicyclic) bond motifs is 1. The Morgan fingerprint density at radius 3 is 2.63 bits per heavy atom. The van der Waals surface area contributed by atoms with Crippen LogP contribution in [0.1, 0.15) is 17.5 Å². The summed E-state index contributed by atoms with van der Waals surface area (Å²) in [7, 11) is 0. The minimum atomic E-state index is -4.42. The number of benzene rings is 1. The first-order chi connectivity index (χ1) is 8.79. The molecule has 4 nitrogen and oxygen atoms in total. The highest BCUT2D eigenvalue weighted by atomic mass is 19.4. The van der Waals surface area contributed by atoms with Gasteiger partial charge in [0, 0.05) is 22.9 Å². The number of aromatic amines is 1. The van der Waals surface area contributed by atoms with Gasteiger partial charge in [-0.25, -0.2) is 0 Å². The van der Waals surface area contributed by atoms with E-state index < -0.39 is 17.7 Å². The molecule has 0 aliphatic heterocycles. The van der Waals surface area contributed by atoms with Gasteiger partial charge >= 0.3 is 12.1 Å². The Balaban J connectivity index is 2.45. The van der Waals surface area contributed by atoms with E-state index in [0.717, 1.165) is 12.1 Å². The van der Waals surface area contributed by atoms with E-state index in [1.54, 1.807) is 0 Å². The maximum Gasteiger partial charge on any atom is 0.416 e. The van der Waals surface area contributed by atoms with Crippen molar-refractivity contribution in [1.82, 2.24) is 4.98 Å². The largest absolute Gasteiger partial charge is 0.481 e. The summed E-state index contributed by atoms with van der Waals surface area (Å²) < 4.78 is 37.7. The molecule has 2 aromatic rings. The minimum Gasteiger partial charge on any atom is -0.481 e. The van der Waals surface area contributed by atoms with Gasteiger partial charge in [0.25, 0.3) is 0 Å². The number of H-pyrrole nitrogens is 1. The van der Waals surface area contributed by atoms with E-state index in [2.05, 4.69) is 4.98 Å². The fourth-order valence-electron chi connectivity index (χ4n) is 1.95. The molecule has 0 radical (unpaired) electrons. The molecule has 0 fully saturated rings. The molecule has 102 valence electrons. The Hall–Kier alpha value is -2.18. The third-order valence-corrected chi connectivity index (χ3v) is 2.86. The normalized spacial score (nSPS) is 11.9. The molecule has 1 heterocycles. The minimum absolute atomic E-state index is 0.127. The Labute approximate surface area is 106 Å². The molecule has 0 bridgehead atoms. The van der Waals surface area contributed by atoms with Gasteiger partial charge in [0.05, 0.1) is 5.56 Å². The van der Waals surface area contributed by atoms with Gasteiger partial charge in [-0.15, -0.1) is 0 Å². The lowest BCUT2D eigenvalue weighted by Gasteiger charge is -2.06. The Morgan fingerprint density at radius 2 is 2.05 bits per heavy atom. The monoisotopic (exact) mass is 272 g/mol. The van der Waals surface area contributed by atoms with Crippen LogP contribution in [0, 0.1) is 0 Å². The number of carbonyl (C=O) groups is 1. The summed E-state index contributed by atoms with van der Waals surface area (Å²) in [4.78, 5) is 13.2. The second-order valence-electron chi connectivity index (χ2n) is 4.17. The molecule has 7 heteroatoms. The maximum atomic E-state index is 12.6. The summed E-state index contributed by atoms with van der Waals surface area (Å²) in [5.41, 5.74) is 5.69. The molecule has 0 spiro atoms. The molecule has 4 N–H and O–H groups in total. The number of rotatable bonds is 3. The summed E-state index contributed by atoms with van der Waals surface area (Å²) in [5, 5.41) is 9.15. The van der Waals surface area contributed by atoms with Crippen molar-refractivity contribution in [1.29, 1.82) is 0 Å². The fraction of sp³-hybridized carbons (Fsp3) is 0.250. The number of carboxylic acid groups (broad SMARTS) is 1. The first kappa shape index (κ1) is 13.3. The van der Waals surface area contributed by atoms with Gasteiger partial charge in [-0.1, -0.05) is 6.07 Å². The van der Waals surface area contributed by atoms with Crippen LogP contribution < -0.4 is 5.73 Å². The van der Waals surface area contributed by atoms with Crippen LogP contribution in [0.4, 0.5) is 19.0 Å². The molecule has 1 aromatic carbocycles. The first-order valence-corrected chi connectivity index (χ1v) is 5.48. The van der Waals surface area contributed by atoms with Crippen LogP contribution in [0.25, 0.3) is 10.9 Å². The zero-order valence-electron chi connectivity index (χ0n) is 9.71. The van der Waals surface area contributed by atoms with Gasteiger partial charge in [0.15, 0.2) is 0 Å². The number of hydrogen-bond donors (Lipinski definition) is 3. The van der Waals surface area contributed by atoms with Crippen molar-refractivity contribution in [2.24, 2.45) is 0 Å². The Bertz CT molecular complexity index is 632. The summed E-state index contributed by atoms with van der Waals surface area (Å²) in [5.74, 6) is -0.781. The van der Waals surface area contributed by atoms with Gasteiger partial charge in [-0.05, 0) is 18.6 Å². The van der Waals surface area contributed by atoms with Crippen molar-refractivity contribution in [2.75, 3.05) is 5.73 Å². The molecule has 0 saturated carbocycles. The van der Waals surface area contributed by atoms with E-state index in [9.17, 15) is 18.0 Å². The van der Waals surface area contributed by atoms with E-state index in [4.69, 9.17) is 10.8 Å². The number of alkyl halides is 3. The van der Waals surface area contributed by atoms with Gasteiger partial charge in [0.2, 0.25) is 0 Å². The highest BCUT2D eigenvalue weighted by Crippen LogP contribution is 2.33. The number of aryl methyl sites for hydroxylation is 1. The van der Waals surface area contributed by atoms with Crippen molar-refractivity contribution >= 4 is 22.7 Å². The average Bonchev–Trinajstić information content (AvgIpc) is 2.59. The smallest absolute Gasteiger partial charge is 0.416 e. The molecule has 0 atom stereocenters. The first-order valence-electron chi connectivity index (χ1n) is 5.48. The Morgan fingerprint density at radius 1 is 1.37 bits per heavy atom. The molecule has 0 amide bonds. The van der Waals surface area contributed by atoms with E-state index in [1.807, 2.05) is 0 Å². The molecule has 0 saturated heterocycles. The molecule has 2 rings (SSSR count). The van der Waals surface area contributed by atoms with Crippen molar-refractivity contribution < 1.29 is 23.1 Å². The summed E-state index contributed by atoms with van der Waals surface area (Å²) in [6.45, 7) is 0. The van der Waals surface area contributed by atoms with Crippen LogP contribution >= 0.6 is 0 Å². The van der Waals surface area contributed by atoms with Crippen LogP contribution in [0.2, 0.25) is 0 Å². The van der Waals surface area contributed by atoms with Crippen LogP contribution in [-0.4, -0.2) is 16.1 Å². The zero-order chi connectivity index (χ0) is 14.2. The molecule has 0 aliphatic rings. The number of halogens is 3. The third kappa shape index (κ3) is 2.64. The predicted molar refractivity (Wildman–Crippen MR) is 63.7 cm³/mol. The van der Waals surface area contributed by atoms with Crippen molar-refractivity contribution in [3.8, 4) is 0 Å². The van der Waals surface area contributed by atoms with Crippen LogP contribution in [0.5, 0.6) is 0 Å². The van der Waals surface area contributed by atoms with Gasteiger partial charge in [0.1, 0.15) is 5.82 Å². The number of carboxylic acids is 1. The molecule has 19 heavy (non-hydrogen) atoms. The van der Waals surface area contributed by atoms with Gasteiger partial charge in [-0.3, -0.25) is 4.79 Å². The highest BCUT2D eigenvalue weighted by Gasteiger charge is 2.30. The second kappa shape index (κ2) is 4.49. The number of nitrogen functional groups attached to an aromatic ring is 1. The van der Waals surface area contributed by atoms with Crippen LogP contribution in [-0.2, 0) is 17.4 Å². The third-order valence-electron chi connectivity index (χ3n) is 2.86. The van der Waals surface area contributed by atoms with Crippen LogP contribution in [0.15, 0.2) is 18.2 Å². The highest BCUT2D eigenvalue weighted by molar-refractivity contribution is 5.89. The number of hydrogen-bond acceptors (Lipinski definition) is 2. The van der Waals surface area contributed by atoms with Crippen molar-refractivity contribution in [3.63, 3.8) is 0 Å². The number of aliphatic carboxylic acids is 1. The van der Waals surface area contributed by atoms with Gasteiger partial charge in [-0.2, -0.15) is 13.2 Å². The molecular formula is C12H11F3N2O2. The molecular weight excluding hydrogens is 261 g/mol. The summed E-state index contributed by atoms with van der Waals surface area (Å²) in [6, 6.07) is 3.23. The lowest BCUT2D eigenvalue weighted by molar-refractivity contribution is -0.138. The molecule has 1 aromatic heterocycles. The molecule has 0 unspecified atom stereocenters. The number of aromatic nitrogens is 1. The number of anilines is 1.